The Balaban J connectivity index is 3.18. The Bertz CT molecular complexity index is 628. The zero-order valence-corrected chi connectivity index (χ0v) is 15.0. The number of hydrogen-bond acceptors (Lipinski definition) is 5. The van der Waals surface area contributed by atoms with Gasteiger partial charge in [-0.05, 0) is 39.8 Å². The first-order valence-electron chi connectivity index (χ1n) is 6.66. The van der Waals surface area contributed by atoms with Gasteiger partial charge in [-0.2, -0.15) is 0 Å². The SMILES string of the molecule is COC(=O)/C(=C\c1c(Cl)cc(C)nc1Cl)NC(=O)OC(C)(C)C. The van der Waals surface area contributed by atoms with E-state index in [-0.39, 0.29) is 21.4 Å². The van der Waals surface area contributed by atoms with Crippen LogP contribution in [-0.2, 0) is 14.3 Å². The Morgan fingerprint density at radius 3 is 2.39 bits per heavy atom. The minimum Gasteiger partial charge on any atom is -0.464 e. The van der Waals surface area contributed by atoms with Crippen molar-refractivity contribution in [2.75, 3.05) is 7.11 Å². The number of nitrogens with zero attached hydrogens (tertiary/aromatic N) is 1. The lowest BCUT2D eigenvalue weighted by Crippen LogP contribution is -2.34. The molecule has 0 saturated carbocycles. The van der Waals surface area contributed by atoms with Crippen molar-refractivity contribution >= 4 is 41.3 Å². The molecule has 8 heteroatoms. The second-order valence-electron chi connectivity index (χ2n) is 5.63. The minimum atomic E-state index is -0.804. The van der Waals surface area contributed by atoms with E-state index in [1.54, 1.807) is 33.8 Å². The molecule has 0 radical (unpaired) electrons. The van der Waals surface area contributed by atoms with Gasteiger partial charge < -0.3 is 9.47 Å². The molecule has 0 aliphatic rings. The number of aryl methyl sites for hydroxylation is 1. The molecule has 0 aliphatic heterocycles. The molecule has 1 rings (SSSR count). The molecule has 1 aromatic heterocycles. The standard InChI is InChI=1S/C15H18Cl2N2O4/c1-8-6-10(16)9(12(17)18-8)7-11(13(20)22-5)19-14(21)23-15(2,3)4/h6-7H,1-5H3,(H,19,21)/b11-7+. The number of carbonyl (C=O) groups excluding carboxylic acids is 2. The summed E-state index contributed by atoms with van der Waals surface area (Å²) in [6.45, 7) is 6.83. The summed E-state index contributed by atoms with van der Waals surface area (Å²) in [5, 5.41) is 2.71. The first-order valence-corrected chi connectivity index (χ1v) is 7.41. The molecule has 0 bridgehead atoms. The molecule has 0 saturated heterocycles. The molecule has 1 N–H and O–H groups in total. The number of amides is 1. The molecule has 126 valence electrons. The van der Waals surface area contributed by atoms with Crippen molar-refractivity contribution in [1.82, 2.24) is 10.3 Å². The van der Waals surface area contributed by atoms with Gasteiger partial charge in [-0.3, -0.25) is 5.32 Å². The van der Waals surface area contributed by atoms with Crippen LogP contribution in [0.15, 0.2) is 11.8 Å². The fourth-order valence-electron chi connectivity index (χ4n) is 1.55. The number of pyridine rings is 1. The third-order valence-electron chi connectivity index (χ3n) is 2.42. The summed E-state index contributed by atoms with van der Waals surface area (Å²) in [5.41, 5.74) is 0.0231. The summed E-state index contributed by atoms with van der Waals surface area (Å²) in [7, 11) is 1.18. The maximum absolute atomic E-state index is 11.8. The van der Waals surface area contributed by atoms with Gasteiger partial charge in [0.05, 0.1) is 12.1 Å². The van der Waals surface area contributed by atoms with E-state index < -0.39 is 17.7 Å². The number of carbonyl (C=O) groups is 2. The molecule has 1 heterocycles. The summed E-state index contributed by atoms with van der Waals surface area (Å²) in [6, 6.07) is 1.58. The van der Waals surface area contributed by atoms with Gasteiger partial charge >= 0.3 is 12.1 Å². The summed E-state index contributed by atoms with van der Waals surface area (Å²) < 4.78 is 9.73. The fourth-order valence-corrected chi connectivity index (χ4v) is 2.19. The van der Waals surface area contributed by atoms with Gasteiger partial charge in [0.1, 0.15) is 16.5 Å². The topological polar surface area (TPSA) is 77.5 Å². The normalized spacial score (nSPS) is 11.9. The highest BCUT2D eigenvalue weighted by Crippen LogP contribution is 2.26. The fraction of sp³-hybridized carbons (Fsp3) is 0.400. The van der Waals surface area contributed by atoms with Crippen LogP contribution in [0.3, 0.4) is 0 Å². The van der Waals surface area contributed by atoms with Crippen LogP contribution in [-0.4, -0.2) is 29.8 Å². The Morgan fingerprint density at radius 2 is 1.91 bits per heavy atom. The van der Waals surface area contributed by atoms with Crippen molar-refractivity contribution in [2.45, 2.75) is 33.3 Å². The number of aromatic nitrogens is 1. The third kappa shape index (κ3) is 6.08. The van der Waals surface area contributed by atoms with Crippen molar-refractivity contribution in [3.05, 3.63) is 33.2 Å². The van der Waals surface area contributed by atoms with Crippen LogP contribution in [0, 0.1) is 6.92 Å². The van der Waals surface area contributed by atoms with E-state index in [1.165, 1.54) is 13.2 Å². The monoisotopic (exact) mass is 360 g/mol. The van der Waals surface area contributed by atoms with Crippen molar-refractivity contribution in [1.29, 1.82) is 0 Å². The van der Waals surface area contributed by atoms with Gasteiger partial charge in [0, 0.05) is 11.3 Å². The highest BCUT2D eigenvalue weighted by molar-refractivity contribution is 6.36. The number of methoxy groups -OCH3 is 1. The minimum absolute atomic E-state index is 0.0994. The second-order valence-corrected chi connectivity index (χ2v) is 6.39. The molecule has 0 fully saturated rings. The first-order chi connectivity index (χ1) is 10.5. The molecule has 1 amide bonds. The van der Waals surface area contributed by atoms with Gasteiger partial charge in [0.25, 0.3) is 0 Å². The van der Waals surface area contributed by atoms with Crippen molar-refractivity contribution < 1.29 is 19.1 Å². The average Bonchev–Trinajstić information content (AvgIpc) is 2.38. The first kappa shape index (κ1) is 19.3. The lowest BCUT2D eigenvalue weighted by molar-refractivity contribution is -0.136. The molecule has 0 spiro atoms. The van der Waals surface area contributed by atoms with E-state index in [1.807, 2.05) is 0 Å². The molecule has 23 heavy (non-hydrogen) atoms. The van der Waals surface area contributed by atoms with Crippen molar-refractivity contribution in [3.8, 4) is 0 Å². The summed E-state index contributed by atoms with van der Waals surface area (Å²) in [6.07, 6.45) is 0.480. The molecular formula is C15H18Cl2N2O4. The quantitative estimate of drug-likeness (QED) is 0.504. The number of nitrogens with one attached hydrogen (secondary N) is 1. The molecule has 0 aromatic carbocycles. The van der Waals surface area contributed by atoms with Gasteiger partial charge in [0.2, 0.25) is 0 Å². The van der Waals surface area contributed by atoms with E-state index in [2.05, 4.69) is 15.0 Å². The van der Waals surface area contributed by atoms with Crippen LogP contribution in [0.5, 0.6) is 0 Å². The van der Waals surface area contributed by atoms with Crippen LogP contribution < -0.4 is 5.32 Å². The van der Waals surface area contributed by atoms with E-state index in [9.17, 15) is 9.59 Å². The smallest absolute Gasteiger partial charge is 0.412 e. The molecular weight excluding hydrogens is 343 g/mol. The van der Waals surface area contributed by atoms with E-state index in [0.717, 1.165) is 0 Å². The molecule has 0 unspecified atom stereocenters. The Kier molecular flexibility index (Phi) is 6.41. The largest absolute Gasteiger partial charge is 0.464 e. The average molecular weight is 361 g/mol. The molecule has 6 nitrogen and oxygen atoms in total. The van der Waals surface area contributed by atoms with Crippen LogP contribution in [0.1, 0.15) is 32.0 Å². The molecule has 0 aliphatic carbocycles. The predicted octanol–water partition coefficient (Wildman–Crippen LogP) is 3.74. The van der Waals surface area contributed by atoms with Gasteiger partial charge in [-0.1, -0.05) is 23.2 Å². The Morgan fingerprint density at radius 1 is 1.30 bits per heavy atom. The zero-order valence-electron chi connectivity index (χ0n) is 13.5. The lowest BCUT2D eigenvalue weighted by atomic mass is 10.2. The zero-order chi connectivity index (χ0) is 17.8. The highest BCUT2D eigenvalue weighted by Gasteiger charge is 2.21. The Labute approximate surface area is 144 Å². The molecule has 0 atom stereocenters. The molecule has 1 aromatic rings. The Hall–Kier alpha value is -1.79. The van der Waals surface area contributed by atoms with Crippen LogP contribution in [0.2, 0.25) is 10.2 Å². The number of ether oxygens (including phenoxy) is 2. The van der Waals surface area contributed by atoms with Crippen molar-refractivity contribution in [3.63, 3.8) is 0 Å². The maximum Gasteiger partial charge on any atom is 0.412 e. The van der Waals surface area contributed by atoms with Crippen LogP contribution in [0.25, 0.3) is 6.08 Å². The van der Waals surface area contributed by atoms with E-state index in [4.69, 9.17) is 27.9 Å². The van der Waals surface area contributed by atoms with Gasteiger partial charge in [-0.25, -0.2) is 14.6 Å². The van der Waals surface area contributed by atoms with E-state index in [0.29, 0.717) is 5.69 Å². The number of rotatable bonds is 3. The van der Waals surface area contributed by atoms with Crippen LogP contribution in [0.4, 0.5) is 4.79 Å². The number of hydrogen-bond donors (Lipinski definition) is 1. The number of halogens is 2. The summed E-state index contributed by atoms with van der Waals surface area (Å²) in [4.78, 5) is 27.7. The number of esters is 1. The van der Waals surface area contributed by atoms with Crippen LogP contribution >= 0.6 is 23.2 Å². The number of alkyl carbamates (subject to hydrolysis) is 1. The second kappa shape index (κ2) is 7.66. The maximum atomic E-state index is 11.8. The predicted molar refractivity (Wildman–Crippen MR) is 88.4 cm³/mol. The lowest BCUT2D eigenvalue weighted by Gasteiger charge is -2.20. The third-order valence-corrected chi connectivity index (χ3v) is 3.02. The summed E-state index contributed by atoms with van der Waals surface area (Å²) >= 11 is 12.1. The summed E-state index contributed by atoms with van der Waals surface area (Å²) in [5.74, 6) is -0.774. The highest BCUT2D eigenvalue weighted by atomic mass is 35.5. The van der Waals surface area contributed by atoms with Crippen molar-refractivity contribution in [2.24, 2.45) is 0 Å². The van der Waals surface area contributed by atoms with Gasteiger partial charge in [0.15, 0.2) is 0 Å². The van der Waals surface area contributed by atoms with E-state index >= 15 is 0 Å². The van der Waals surface area contributed by atoms with Gasteiger partial charge in [-0.15, -0.1) is 0 Å².